The van der Waals surface area contributed by atoms with Crippen molar-refractivity contribution in [3.8, 4) is 6.07 Å². The largest absolute Gasteiger partial charge is 0.325 e. The van der Waals surface area contributed by atoms with Gasteiger partial charge in [0, 0.05) is 23.4 Å². The molecule has 0 unspecified atom stereocenters. The Kier molecular flexibility index (Phi) is 6.06. The molecule has 1 aliphatic heterocycles. The minimum absolute atomic E-state index is 0.0878. The first kappa shape index (κ1) is 20.7. The molecular weight excluding hydrogens is 406 g/mol. The number of hydrogen-bond acceptors (Lipinski definition) is 4. The van der Waals surface area contributed by atoms with Gasteiger partial charge in [-0.15, -0.1) is 0 Å². The number of nitriles is 1. The molecule has 6 heteroatoms. The number of amides is 2. The maximum absolute atomic E-state index is 12.6. The number of carbonyl (C=O) groups excluding carboxylic acids is 2. The number of aryl methyl sites for hydroxylation is 1. The number of anilines is 1. The number of nitrogens with one attached hydrogen (secondary N) is 2. The van der Waals surface area contributed by atoms with Crippen LogP contribution < -0.4 is 10.6 Å². The van der Waals surface area contributed by atoms with E-state index in [-0.39, 0.29) is 29.9 Å². The van der Waals surface area contributed by atoms with Crippen LogP contribution in [0.2, 0.25) is 0 Å². The number of rotatable bonds is 5. The molecule has 1 heterocycles. The summed E-state index contributed by atoms with van der Waals surface area (Å²) in [6, 6.07) is 23.6. The van der Waals surface area contributed by atoms with Gasteiger partial charge in [0.1, 0.15) is 0 Å². The summed E-state index contributed by atoms with van der Waals surface area (Å²) < 4.78 is 0. The summed E-state index contributed by atoms with van der Waals surface area (Å²) in [6.07, 6.45) is 0.222. The Morgan fingerprint density at radius 3 is 2.68 bits per heavy atom. The quantitative estimate of drug-likeness (QED) is 0.609. The summed E-state index contributed by atoms with van der Waals surface area (Å²) in [7, 11) is 0. The van der Waals surface area contributed by atoms with E-state index in [1.54, 1.807) is 0 Å². The molecule has 1 atom stereocenters. The van der Waals surface area contributed by atoms with E-state index < -0.39 is 0 Å². The predicted molar refractivity (Wildman–Crippen MR) is 124 cm³/mol. The molecule has 31 heavy (non-hydrogen) atoms. The summed E-state index contributed by atoms with van der Waals surface area (Å²) in [5, 5.41) is 18.0. The molecule has 0 saturated heterocycles. The molecule has 4 rings (SSSR count). The van der Waals surface area contributed by atoms with E-state index in [2.05, 4.69) is 16.7 Å². The standard InChI is InChI=1S/C25H21N3O2S/c1-16-7-2-4-10-18(16)20-13-23(29)28-25(21(20)14-26)31-15-24(30)27-22-12-6-9-17-8-3-5-11-19(17)22/h2-12,20H,13,15H2,1H3,(H,27,30)(H,28,29)/t20-/m0/s1. The number of carbonyl (C=O) groups is 2. The van der Waals surface area contributed by atoms with Crippen molar-refractivity contribution in [1.82, 2.24) is 5.32 Å². The van der Waals surface area contributed by atoms with Crippen molar-refractivity contribution < 1.29 is 9.59 Å². The number of nitrogens with zero attached hydrogens (tertiary/aromatic N) is 1. The van der Waals surface area contributed by atoms with Crippen LogP contribution in [-0.2, 0) is 9.59 Å². The molecule has 0 aromatic heterocycles. The van der Waals surface area contributed by atoms with Crippen molar-refractivity contribution in [2.75, 3.05) is 11.1 Å². The zero-order valence-electron chi connectivity index (χ0n) is 17.0. The van der Waals surface area contributed by atoms with Crippen LogP contribution in [0.15, 0.2) is 77.3 Å². The molecule has 2 amide bonds. The minimum Gasteiger partial charge on any atom is -0.325 e. The van der Waals surface area contributed by atoms with Crippen LogP contribution in [0, 0.1) is 18.3 Å². The third-order valence-corrected chi connectivity index (χ3v) is 6.35. The lowest BCUT2D eigenvalue weighted by molar-refractivity contribution is -0.121. The zero-order chi connectivity index (χ0) is 21.8. The van der Waals surface area contributed by atoms with Gasteiger partial charge in [0.25, 0.3) is 0 Å². The monoisotopic (exact) mass is 427 g/mol. The second-order valence-corrected chi connectivity index (χ2v) is 8.37. The third-order valence-electron chi connectivity index (χ3n) is 5.33. The average molecular weight is 428 g/mol. The smallest absolute Gasteiger partial charge is 0.234 e. The molecule has 0 radical (unpaired) electrons. The number of allylic oxidation sites excluding steroid dienone is 1. The molecule has 0 aliphatic carbocycles. The average Bonchev–Trinajstić information content (AvgIpc) is 2.78. The Morgan fingerprint density at radius 1 is 1.13 bits per heavy atom. The van der Waals surface area contributed by atoms with E-state index in [0.717, 1.165) is 27.6 Å². The van der Waals surface area contributed by atoms with E-state index in [1.807, 2.05) is 73.7 Å². The number of benzene rings is 3. The van der Waals surface area contributed by atoms with Gasteiger partial charge in [-0.3, -0.25) is 9.59 Å². The third kappa shape index (κ3) is 4.47. The van der Waals surface area contributed by atoms with Crippen molar-refractivity contribution in [3.05, 3.63) is 88.5 Å². The highest BCUT2D eigenvalue weighted by atomic mass is 32.2. The van der Waals surface area contributed by atoms with Gasteiger partial charge < -0.3 is 10.6 Å². The van der Waals surface area contributed by atoms with Gasteiger partial charge in [-0.1, -0.05) is 72.4 Å². The van der Waals surface area contributed by atoms with Crippen molar-refractivity contribution in [2.45, 2.75) is 19.3 Å². The van der Waals surface area contributed by atoms with Crippen LogP contribution in [0.5, 0.6) is 0 Å². The molecule has 0 fully saturated rings. The molecule has 0 bridgehead atoms. The summed E-state index contributed by atoms with van der Waals surface area (Å²) in [5.41, 5.74) is 3.24. The zero-order valence-corrected chi connectivity index (χ0v) is 17.8. The van der Waals surface area contributed by atoms with Crippen LogP contribution in [0.25, 0.3) is 10.8 Å². The van der Waals surface area contributed by atoms with Crippen LogP contribution >= 0.6 is 11.8 Å². The summed E-state index contributed by atoms with van der Waals surface area (Å²) in [6.45, 7) is 1.97. The Bertz CT molecular complexity index is 1240. The number of hydrogen-bond donors (Lipinski definition) is 2. The maximum Gasteiger partial charge on any atom is 0.234 e. The van der Waals surface area contributed by atoms with Crippen LogP contribution in [-0.4, -0.2) is 17.6 Å². The molecule has 5 nitrogen and oxygen atoms in total. The normalized spacial score (nSPS) is 16.0. The molecule has 2 N–H and O–H groups in total. The van der Waals surface area contributed by atoms with E-state index in [1.165, 1.54) is 11.8 Å². The van der Waals surface area contributed by atoms with Gasteiger partial charge in [0.05, 0.1) is 22.4 Å². The van der Waals surface area contributed by atoms with Crippen molar-refractivity contribution in [1.29, 1.82) is 5.26 Å². The van der Waals surface area contributed by atoms with Gasteiger partial charge in [0.2, 0.25) is 11.8 Å². The van der Waals surface area contributed by atoms with Crippen LogP contribution in [0.1, 0.15) is 23.5 Å². The summed E-state index contributed by atoms with van der Waals surface area (Å²) in [4.78, 5) is 25.0. The lowest BCUT2D eigenvalue weighted by Gasteiger charge is -2.26. The Balaban J connectivity index is 1.53. The van der Waals surface area contributed by atoms with Gasteiger partial charge in [-0.2, -0.15) is 5.26 Å². The van der Waals surface area contributed by atoms with Crippen LogP contribution in [0.4, 0.5) is 5.69 Å². The Hall–Kier alpha value is -3.56. The fourth-order valence-corrected chi connectivity index (χ4v) is 4.71. The fraction of sp³-hybridized carbons (Fsp3) is 0.160. The Morgan fingerprint density at radius 2 is 1.87 bits per heavy atom. The molecule has 0 spiro atoms. The van der Waals surface area contributed by atoms with E-state index in [0.29, 0.717) is 10.6 Å². The number of thioether (sulfide) groups is 1. The van der Waals surface area contributed by atoms with E-state index >= 15 is 0 Å². The lowest BCUT2D eigenvalue weighted by atomic mass is 9.85. The first-order valence-electron chi connectivity index (χ1n) is 9.97. The first-order chi connectivity index (χ1) is 15.1. The maximum atomic E-state index is 12.6. The van der Waals surface area contributed by atoms with Gasteiger partial charge in [0.15, 0.2) is 0 Å². The van der Waals surface area contributed by atoms with Gasteiger partial charge in [-0.05, 0) is 29.5 Å². The second-order valence-electron chi connectivity index (χ2n) is 7.38. The van der Waals surface area contributed by atoms with E-state index in [4.69, 9.17) is 0 Å². The SMILES string of the molecule is Cc1ccccc1[C@@H]1CC(=O)NC(SCC(=O)Nc2cccc3ccccc23)=C1C#N. The highest BCUT2D eigenvalue weighted by molar-refractivity contribution is 8.03. The lowest BCUT2D eigenvalue weighted by Crippen LogP contribution is -2.31. The minimum atomic E-state index is -0.302. The molecule has 3 aromatic carbocycles. The summed E-state index contributed by atoms with van der Waals surface area (Å²) in [5.74, 6) is -0.559. The van der Waals surface area contributed by atoms with Crippen molar-refractivity contribution >= 4 is 40.0 Å². The van der Waals surface area contributed by atoms with Crippen LogP contribution in [0.3, 0.4) is 0 Å². The van der Waals surface area contributed by atoms with Gasteiger partial charge in [-0.25, -0.2) is 0 Å². The molecule has 0 saturated carbocycles. The van der Waals surface area contributed by atoms with Crippen molar-refractivity contribution in [2.24, 2.45) is 0 Å². The molecular formula is C25H21N3O2S. The Labute approximate surface area is 185 Å². The molecule has 1 aliphatic rings. The highest BCUT2D eigenvalue weighted by Gasteiger charge is 2.30. The first-order valence-corrected chi connectivity index (χ1v) is 11.0. The molecule has 3 aromatic rings. The predicted octanol–water partition coefficient (Wildman–Crippen LogP) is 4.86. The van der Waals surface area contributed by atoms with Crippen molar-refractivity contribution in [3.63, 3.8) is 0 Å². The van der Waals surface area contributed by atoms with Gasteiger partial charge >= 0.3 is 0 Å². The molecule has 154 valence electrons. The fourth-order valence-electron chi connectivity index (χ4n) is 3.83. The second kappa shape index (κ2) is 9.07. The van der Waals surface area contributed by atoms with E-state index in [9.17, 15) is 14.9 Å². The summed E-state index contributed by atoms with van der Waals surface area (Å²) >= 11 is 1.18. The topological polar surface area (TPSA) is 82.0 Å². The number of fused-ring (bicyclic) bond motifs is 1. The highest BCUT2D eigenvalue weighted by Crippen LogP contribution is 2.37.